The molecule has 0 N–H and O–H groups in total. The summed E-state index contributed by atoms with van der Waals surface area (Å²) < 4.78 is 5.64. The largest absolute Gasteiger partial charge is 0.338 e. The Morgan fingerprint density at radius 3 is 2.31 bits per heavy atom. The van der Waals surface area contributed by atoms with Crippen molar-refractivity contribution in [2.24, 2.45) is 5.92 Å². The van der Waals surface area contributed by atoms with Crippen molar-refractivity contribution in [1.82, 2.24) is 19.9 Å². The maximum Gasteiger partial charge on any atom is 0.240 e. The van der Waals surface area contributed by atoms with Crippen LogP contribution >= 0.6 is 0 Å². The van der Waals surface area contributed by atoms with Gasteiger partial charge in [0.2, 0.25) is 11.8 Å². The second kappa shape index (κ2) is 8.37. The van der Waals surface area contributed by atoms with Crippen LogP contribution in [-0.4, -0.2) is 50.5 Å². The Labute approximate surface area is 174 Å². The van der Waals surface area contributed by atoms with Crippen LogP contribution in [0.1, 0.15) is 102 Å². The molecule has 4 fully saturated rings. The van der Waals surface area contributed by atoms with Gasteiger partial charge in [0.25, 0.3) is 0 Å². The van der Waals surface area contributed by atoms with Gasteiger partial charge < -0.3 is 9.42 Å². The van der Waals surface area contributed by atoms with E-state index in [1.165, 1.54) is 77.0 Å². The lowest BCUT2D eigenvalue weighted by Crippen LogP contribution is -2.47. The summed E-state index contributed by atoms with van der Waals surface area (Å²) in [5.74, 6) is 3.08. The maximum absolute atomic E-state index is 13.2. The second-order valence-electron chi connectivity index (χ2n) is 9.98. The molecule has 1 heterocycles. The lowest BCUT2D eigenvalue weighted by Gasteiger charge is -2.32. The van der Waals surface area contributed by atoms with Gasteiger partial charge in [-0.2, -0.15) is 4.98 Å². The molecule has 4 aliphatic rings. The molecule has 1 aromatic heterocycles. The fraction of sp³-hybridized carbons (Fsp3) is 0.870. The average Bonchev–Trinajstić information content (AvgIpc) is 3.56. The molecule has 0 bridgehead atoms. The Morgan fingerprint density at radius 1 is 1.00 bits per heavy atom. The van der Waals surface area contributed by atoms with Crippen LogP contribution in [0.2, 0.25) is 0 Å². The van der Waals surface area contributed by atoms with E-state index in [0.717, 1.165) is 11.7 Å². The molecule has 0 spiro atoms. The predicted octanol–water partition coefficient (Wildman–Crippen LogP) is 4.26. The summed E-state index contributed by atoms with van der Waals surface area (Å²) in [7, 11) is 0. The first-order valence-electron chi connectivity index (χ1n) is 12.1. The second-order valence-corrected chi connectivity index (χ2v) is 9.98. The van der Waals surface area contributed by atoms with Crippen molar-refractivity contribution < 1.29 is 9.32 Å². The third-order valence-corrected chi connectivity index (χ3v) is 7.42. The summed E-state index contributed by atoms with van der Waals surface area (Å²) in [6.45, 7) is 3.37. The molecule has 0 aliphatic heterocycles. The first-order valence-corrected chi connectivity index (χ1v) is 12.1. The highest BCUT2D eigenvalue weighted by Gasteiger charge is 2.43. The highest BCUT2D eigenvalue weighted by molar-refractivity contribution is 5.79. The van der Waals surface area contributed by atoms with Crippen LogP contribution in [0.5, 0.6) is 0 Å². The molecule has 4 aliphatic carbocycles. The molecule has 0 saturated heterocycles. The molecule has 0 radical (unpaired) electrons. The number of amides is 1. The molecule has 1 atom stereocenters. The zero-order valence-electron chi connectivity index (χ0n) is 17.9. The Hall–Kier alpha value is -1.43. The van der Waals surface area contributed by atoms with Gasteiger partial charge in [-0.15, -0.1) is 0 Å². The number of hydrogen-bond donors (Lipinski definition) is 0. The zero-order chi connectivity index (χ0) is 19.8. The summed E-state index contributed by atoms with van der Waals surface area (Å²) >= 11 is 0. The highest BCUT2D eigenvalue weighted by Crippen LogP contribution is 2.40. The molecule has 160 valence electrons. The van der Waals surface area contributed by atoms with Crippen LogP contribution < -0.4 is 0 Å². The van der Waals surface area contributed by atoms with E-state index in [1.54, 1.807) is 0 Å². The Morgan fingerprint density at radius 2 is 1.69 bits per heavy atom. The monoisotopic (exact) mass is 400 g/mol. The predicted molar refractivity (Wildman–Crippen MR) is 110 cm³/mol. The van der Waals surface area contributed by atoms with Crippen molar-refractivity contribution in [3.8, 4) is 0 Å². The summed E-state index contributed by atoms with van der Waals surface area (Å²) in [6, 6.07) is 1.40. The number of hydrogen-bond acceptors (Lipinski definition) is 5. The minimum atomic E-state index is 0.308. The van der Waals surface area contributed by atoms with Crippen LogP contribution in [0, 0.1) is 5.92 Å². The SMILES string of the molecule is CC(C1CC1)N(C(=O)CN(Cc1nc(C2CCCCCC2)no1)C1CC1)C1CC1. The van der Waals surface area contributed by atoms with Crippen molar-refractivity contribution in [2.75, 3.05) is 6.54 Å². The van der Waals surface area contributed by atoms with Crippen LogP contribution in [0.4, 0.5) is 0 Å². The minimum Gasteiger partial charge on any atom is -0.338 e. The van der Waals surface area contributed by atoms with Crippen molar-refractivity contribution in [3.05, 3.63) is 11.7 Å². The fourth-order valence-electron chi connectivity index (χ4n) is 5.14. The number of carbonyl (C=O) groups excluding carboxylic acids is 1. The summed E-state index contributed by atoms with van der Waals surface area (Å²) in [5, 5.41) is 4.32. The van der Waals surface area contributed by atoms with Crippen molar-refractivity contribution in [3.63, 3.8) is 0 Å². The molecule has 0 aromatic carbocycles. The van der Waals surface area contributed by atoms with Crippen molar-refractivity contribution in [2.45, 2.75) is 115 Å². The first-order chi connectivity index (χ1) is 14.2. The number of aromatic nitrogens is 2. The lowest BCUT2D eigenvalue weighted by atomic mass is 10.00. The first kappa shape index (κ1) is 19.5. The lowest BCUT2D eigenvalue weighted by molar-refractivity contribution is -0.136. The van der Waals surface area contributed by atoms with Gasteiger partial charge in [0, 0.05) is 24.0 Å². The molecular formula is C23H36N4O2. The minimum absolute atomic E-state index is 0.308. The molecule has 5 rings (SSSR count). The molecule has 29 heavy (non-hydrogen) atoms. The summed E-state index contributed by atoms with van der Waals surface area (Å²) in [4.78, 5) is 22.5. The van der Waals surface area contributed by atoms with Gasteiger partial charge in [-0.3, -0.25) is 9.69 Å². The average molecular weight is 401 g/mol. The van der Waals surface area contributed by atoms with Gasteiger partial charge in [0.15, 0.2) is 5.82 Å². The van der Waals surface area contributed by atoms with Crippen LogP contribution in [0.25, 0.3) is 0 Å². The molecular weight excluding hydrogens is 364 g/mol. The van der Waals surface area contributed by atoms with Gasteiger partial charge in [-0.25, -0.2) is 0 Å². The van der Waals surface area contributed by atoms with E-state index in [2.05, 4.69) is 21.9 Å². The molecule has 1 aromatic rings. The van der Waals surface area contributed by atoms with E-state index in [0.29, 0.717) is 48.9 Å². The van der Waals surface area contributed by atoms with E-state index in [4.69, 9.17) is 9.51 Å². The van der Waals surface area contributed by atoms with Gasteiger partial charge in [-0.1, -0.05) is 30.8 Å². The van der Waals surface area contributed by atoms with Gasteiger partial charge in [0.05, 0.1) is 13.1 Å². The number of rotatable bonds is 9. The summed E-state index contributed by atoms with van der Waals surface area (Å²) in [6.07, 6.45) is 14.9. The Balaban J connectivity index is 1.22. The number of nitrogens with zero attached hydrogens (tertiary/aromatic N) is 4. The third kappa shape index (κ3) is 4.84. The van der Waals surface area contributed by atoms with Crippen LogP contribution in [0.15, 0.2) is 4.52 Å². The van der Waals surface area contributed by atoms with E-state index in [9.17, 15) is 4.79 Å². The van der Waals surface area contributed by atoms with Gasteiger partial charge in [-0.05, 0) is 64.2 Å². The Kier molecular flexibility index (Phi) is 5.63. The quantitative estimate of drug-likeness (QED) is 0.580. The van der Waals surface area contributed by atoms with Crippen molar-refractivity contribution in [1.29, 1.82) is 0 Å². The van der Waals surface area contributed by atoms with E-state index >= 15 is 0 Å². The van der Waals surface area contributed by atoms with E-state index in [1.807, 2.05) is 0 Å². The number of carbonyl (C=O) groups is 1. The third-order valence-electron chi connectivity index (χ3n) is 7.42. The molecule has 1 amide bonds. The van der Waals surface area contributed by atoms with Crippen LogP contribution in [0.3, 0.4) is 0 Å². The Bertz CT molecular complexity index is 699. The van der Waals surface area contributed by atoms with E-state index in [-0.39, 0.29) is 0 Å². The zero-order valence-corrected chi connectivity index (χ0v) is 17.9. The normalized spacial score (nSPS) is 24.5. The molecule has 6 nitrogen and oxygen atoms in total. The molecule has 4 saturated carbocycles. The fourth-order valence-corrected chi connectivity index (χ4v) is 5.14. The molecule has 6 heteroatoms. The molecule has 1 unspecified atom stereocenters. The van der Waals surface area contributed by atoms with Gasteiger partial charge >= 0.3 is 0 Å². The van der Waals surface area contributed by atoms with Crippen molar-refractivity contribution >= 4 is 5.91 Å². The smallest absolute Gasteiger partial charge is 0.240 e. The topological polar surface area (TPSA) is 62.5 Å². The van der Waals surface area contributed by atoms with E-state index < -0.39 is 0 Å². The highest BCUT2D eigenvalue weighted by atomic mass is 16.5. The summed E-state index contributed by atoms with van der Waals surface area (Å²) in [5.41, 5.74) is 0. The maximum atomic E-state index is 13.2. The standard InChI is InChI=1S/C23H36N4O2/c1-16(17-8-9-17)27(20-12-13-20)22(28)15-26(19-10-11-19)14-21-24-23(25-29-21)18-6-4-2-3-5-7-18/h16-20H,2-15H2,1H3. The van der Waals surface area contributed by atoms with Crippen LogP contribution in [-0.2, 0) is 11.3 Å². The van der Waals surface area contributed by atoms with Gasteiger partial charge in [0.1, 0.15) is 0 Å².